The number of rotatable bonds is 4. The van der Waals surface area contributed by atoms with Crippen LogP contribution in [0.3, 0.4) is 0 Å². The molecular weight excluding hydrogens is 240 g/mol. The van der Waals surface area contributed by atoms with Gasteiger partial charge in [0.05, 0.1) is 23.6 Å². The zero-order valence-electron chi connectivity index (χ0n) is 10.1. The molecule has 0 aliphatic heterocycles. The van der Waals surface area contributed by atoms with E-state index in [1.165, 1.54) is 0 Å². The van der Waals surface area contributed by atoms with Gasteiger partial charge in [-0.05, 0) is 38.1 Å². The minimum atomic E-state index is 0.0193. The molecule has 0 aliphatic rings. The number of nitrogens with one attached hydrogen (secondary N) is 1. The Bertz CT molecular complexity index is 481. The van der Waals surface area contributed by atoms with Gasteiger partial charge in [-0.2, -0.15) is 0 Å². The Morgan fingerprint density at radius 2 is 2.24 bits per heavy atom. The molecule has 2 rings (SSSR count). The molecule has 0 aromatic carbocycles. The number of aryl methyl sites for hydroxylation is 2. The maximum atomic E-state index is 5.66. The van der Waals surface area contributed by atoms with Crippen LogP contribution in [0.4, 0.5) is 0 Å². The molecule has 0 amide bonds. The van der Waals surface area contributed by atoms with Crippen molar-refractivity contribution >= 4 is 11.8 Å². The topological polar surface area (TPSA) is 51.2 Å². The summed E-state index contributed by atoms with van der Waals surface area (Å²) in [5, 5.41) is 3.93. The van der Waals surface area contributed by atoms with Gasteiger partial charge in [0.15, 0.2) is 0 Å². The second-order valence-electron chi connectivity index (χ2n) is 4.01. The van der Waals surface area contributed by atoms with E-state index in [4.69, 9.17) is 20.7 Å². The van der Waals surface area contributed by atoms with E-state index in [0.717, 1.165) is 34.8 Å². The smallest absolute Gasteiger partial charge is 0.141 e. The van der Waals surface area contributed by atoms with Crippen LogP contribution in [0.25, 0.3) is 11.1 Å². The third-order valence-corrected chi connectivity index (χ3v) is 3.09. The molecule has 2 aromatic rings. The SMILES string of the molecule is CCC(NCl)c1cc(-c2c(C)noc2C)co1. The number of aromatic nitrogens is 1. The first-order valence-electron chi connectivity index (χ1n) is 5.55. The Morgan fingerprint density at radius 3 is 2.76 bits per heavy atom. The van der Waals surface area contributed by atoms with E-state index in [1.807, 2.05) is 26.8 Å². The van der Waals surface area contributed by atoms with E-state index in [-0.39, 0.29) is 6.04 Å². The van der Waals surface area contributed by atoms with E-state index in [2.05, 4.69) is 9.99 Å². The van der Waals surface area contributed by atoms with Crippen LogP contribution in [0.15, 0.2) is 21.3 Å². The monoisotopic (exact) mass is 254 g/mol. The van der Waals surface area contributed by atoms with Gasteiger partial charge in [-0.15, -0.1) is 0 Å². The molecule has 4 nitrogen and oxygen atoms in total. The lowest BCUT2D eigenvalue weighted by Gasteiger charge is -2.07. The number of hydrogen-bond acceptors (Lipinski definition) is 4. The van der Waals surface area contributed by atoms with Crippen molar-refractivity contribution in [2.24, 2.45) is 0 Å². The van der Waals surface area contributed by atoms with E-state index in [0.29, 0.717) is 0 Å². The Hall–Kier alpha value is -1.26. The molecule has 0 saturated carbocycles. The van der Waals surface area contributed by atoms with Crippen LogP contribution < -0.4 is 4.84 Å². The first-order valence-corrected chi connectivity index (χ1v) is 5.93. The molecular formula is C12H15ClN2O2. The summed E-state index contributed by atoms with van der Waals surface area (Å²) in [7, 11) is 0. The normalized spacial score (nSPS) is 12.9. The molecule has 0 aliphatic carbocycles. The van der Waals surface area contributed by atoms with Gasteiger partial charge in [0.2, 0.25) is 0 Å². The Kier molecular flexibility index (Phi) is 3.54. The largest absolute Gasteiger partial charge is 0.467 e. The van der Waals surface area contributed by atoms with Gasteiger partial charge in [0, 0.05) is 5.56 Å². The average Bonchev–Trinajstić information content (AvgIpc) is 2.89. The molecule has 0 radical (unpaired) electrons. The molecule has 1 N–H and O–H groups in total. The predicted octanol–water partition coefficient (Wildman–Crippen LogP) is 3.75. The first-order chi connectivity index (χ1) is 8.17. The van der Waals surface area contributed by atoms with Crippen molar-refractivity contribution in [2.75, 3.05) is 0 Å². The summed E-state index contributed by atoms with van der Waals surface area (Å²) >= 11 is 5.66. The van der Waals surface area contributed by atoms with Gasteiger partial charge in [-0.25, -0.2) is 4.84 Å². The summed E-state index contributed by atoms with van der Waals surface area (Å²) in [6.07, 6.45) is 2.57. The Labute approximate surface area is 105 Å². The molecule has 0 bridgehead atoms. The van der Waals surface area contributed by atoms with Gasteiger partial charge >= 0.3 is 0 Å². The second kappa shape index (κ2) is 4.94. The second-order valence-corrected chi connectivity index (χ2v) is 4.23. The Balaban J connectivity index is 2.36. The molecule has 1 unspecified atom stereocenters. The number of halogens is 1. The molecule has 17 heavy (non-hydrogen) atoms. The fraction of sp³-hybridized carbons (Fsp3) is 0.417. The van der Waals surface area contributed by atoms with Crippen LogP contribution in [0.1, 0.15) is 36.6 Å². The van der Waals surface area contributed by atoms with Crippen molar-refractivity contribution in [3.63, 3.8) is 0 Å². The summed E-state index contributed by atoms with van der Waals surface area (Å²) in [5.41, 5.74) is 2.83. The Morgan fingerprint density at radius 1 is 1.47 bits per heavy atom. The van der Waals surface area contributed by atoms with E-state index < -0.39 is 0 Å². The van der Waals surface area contributed by atoms with Crippen LogP contribution in [0, 0.1) is 13.8 Å². The van der Waals surface area contributed by atoms with E-state index in [1.54, 1.807) is 6.26 Å². The highest BCUT2D eigenvalue weighted by atomic mass is 35.5. The van der Waals surface area contributed by atoms with Crippen LogP contribution >= 0.6 is 11.8 Å². The summed E-state index contributed by atoms with van der Waals surface area (Å²) in [6.45, 7) is 5.84. The van der Waals surface area contributed by atoms with Gasteiger partial charge in [-0.3, -0.25) is 0 Å². The van der Waals surface area contributed by atoms with Crippen LogP contribution in [0.5, 0.6) is 0 Å². The van der Waals surface area contributed by atoms with Crippen molar-refractivity contribution in [3.8, 4) is 11.1 Å². The first kappa shape index (κ1) is 12.2. The molecule has 0 fully saturated rings. The van der Waals surface area contributed by atoms with E-state index in [9.17, 15) is 0 Å². The maximum absolute atomic E-state index is 5.66. The summed E-state index contributed by atoms with van der Waals surface area (Å²) in [4.78, 5) is 2.70. The zero-order valence-corrected chi connectivity index (χ0v) is 10.8. The fourth-order valence-electron chi connectivity index (χ4n) is 1.89. The van der Waals surface area contributed by atoms with Crippen LogP contribution in [-0.2, 0) is 0 Å². The van der Waals surface area contributed by atoms with Crippen molar-refractivity contribution < 1.29 is 8.94 Å². The highest BCUT2D eigenvalue weighted by molar-refractivity contribution is 6.13. The number of nitrogens with zero attached hydrogens (tertiary/aromatic N) is 1. The maximum Gasteiger partial charge on any atom is 0.141 e. The lowest BCUT2D eigenvalue weighted by molar-refractivity contribution is 0.393. The quantitative estimate of drug-likeness (QED) is 0.845. The van der Waals surface area contributed by atoms with Crippen molar-refractivity contribution in [1.82, 2.24) is 9.99 Å². The molecule has 2 aromatic heterocycles. The van der Waals surface area contributed by atoms with Crippen molar-refractivity contribution in [3.05, 3.63) is 29.5 Å². The molecule has 2 heterocycles. The summed E-state index contributed by atoms with van der Waals surface area (Å²) in [6, 6.07) is 1.99. The fourth-order valence-corrected chi connectivity index (χ4v) is 2.16. The summed E-state index contributed by atoms with van der Waals surface area (Å²) in [5.74, 6) is 1.61. The standard InChI is InChI=1S/C12H15ClN2O2/c1-4-10(14-13)11-5-9(6-16-11)12-7(2)15-17-8(12)3/h5-6,10,14H,4H2,1-3H3. The van der Waals surface area contributed by atoms with Crippen LogP contribution in [-0.4, -0.2) is 5.16 Å². The molecule has 0 saturated heterocycles. The minimum absolute atomic E-state index is 0.0193. The van der Waals surface area contributed by atoms with Gasteiger partial charge in [-0.1, -0.05) is 12.1 Å². The molecule has 92 valence electrons. The molecule has 5 heteroatoms. The molecule has 1 atom stereocenters. The van der Waals surface area contributed by atoms with Crippen molar-refractivity contribution in [1.29, 1.82) is 0 Å². The predicted molar refractivity (Wildman–Crippen MR) is 65.7 cm³/mol. The van der Waals surface area contributed by atoms with E-state index >= 15 is 0 Å². The minimum Gasteiger partial charge on any atom is -0.467 e. The lowest BCUT2D eigenvalue weighted by atomic mass is 10.1. The zero-order chi connectivity index (χ0) is 12.4. The number of hydrogen-bond donors (Lipinski definition) is 1. The molecule has 0 spiro atoms. The van der Waals surface area contributed by atoms with Gasteiger partial charge in [0.25, 0.3) is 0 Å². The summed E-state index contributed by atoms with van der Waals surface area (Å²) < 4.78 is 10.7. The third-order valence-electron chi connectivity index (χ3n) is 2.83. The van der Waals surface area contributed by atoms with Crippen LogP contribution in [0.2, 0.25) is 0 Å². The average molecular weight is 255 g/mol. The van der Waals surface area contributed by atoms with Crippen molar-refractivity contribution in [2.45, 2.75) is 33.2 Å². The number of furan rings is 1. The lowest BCUT2D eigenvalue weighted by Crippen LogP contribution is -2.08. The van der Waals surface area contributed by atoms with Gasteiger partial charge < -0.3 is 8.94 Å². The highest BCUT2D eigenvalue weighted by Gasteiger charge is 2.17. The van der Waals surface area contributed by atoms with Gasteiger partial charge in [0.1, 0.15) is 11.5 Å². The highest BCUT2D eigenvalue weighted by Crippen LogP contribution is 2.31. The third kappa shape index (κ3) is 2.23.